The number of rotatable bonds is 4. The van der Waals surface area contributed by atoms with E-state index in [1.807, 2.05) is 11.9 Å². The standard InChI is InChI=1S/C17H27N3O3S2.ClH/c1-13-5-11-20(12-6-13)25(22,23)16-4-3-15(24-16)17(21)19-9-7-14(18-2)8-10-19;/h3-4,13-14,18H,5-12H2,1-2H3;1H. The summed E-state index contributed by atoms with van der Waals surface area (Å²) in [5.41, 5.74) is 0. The van der Waals surface area contributed by atoms with E-state index in [9.17, 15) is 13.2 Å². The van der Waals surface area contributed by atoms with E-state index in [2.05, 4.69) is 12.2 Å². The highest BCUT2D eigenvalue weighted by Crippen LogP contribution is 2.29. The molecule has 0 atom stereocenters. The van der Waals surface area contributed by atoms with Crippen LogP contribution in [-0.2, 0) is 10.0 Å². The molecule has 0 bridgehead atoms. The lowest BCUT2D eigenvalue weighted by Gasteiger charge is -2.31. The zero-order chi connectivity index (χ0) is 18.0. The van der Waals surface area contributed by atoms with Crippen LogP contribution >= 0.6 is 23.7 Å². The van der Waals surface area contributed by atoms with Gasteiger partial charge in [-0.05, 0) is 50.8 Å². The van der Waals surface area contributed by atoms with Gasteiger partial charge in [0, 0.05) is 32.2 Å². The molecule has 9 heteroatoms. The topological polar surface area (TPSA) is 69.7 Å². The van der Waals surface area contributed by atoms with Crippen molar-refractivity contribution in [1.29, 1.82) is 0 Å². The fraction of sp³-hybridized carbons (Fsp3) is 0.706. The van der Waals surface area contributed by atoms with Crippen molar-refractivity contribution < 1.29 is 13.2 Å². The number of piperidine rings is 2. The summed E-state index contributed by atoms with van der Waals surface area (Å²) in [4.78, 5) is 15.0. The Morgan fingerprint density at radius 2 is 1.73 bits per heavy atom. The third kappa shape index (κ3) is 4.59. The molecule has 0 saturated carbocycles. The fourth-order valence-electron chi connectivity index (χ4n) is 3.45. The molecule has 0 unspecified atom stereocenters. The molecule has 3 rings (SSSR count). The summed E-state index contributed by atoms with van der Waals surface area (Å²) in [6, 6.07) is 3.72. The van der Waals surface area contributed by atoms with E-state index in [1.54, 1.807) is 16.4 Å². The van der Waals surface area contributed by atoms with Gasteiger partial charge in [0.25, 0.3) is 15.9 Å². The average molecular weight is 422 g/mol. The summed E-state index contributed by atoms with van der Waals surface area (Å²) in [7, 11) is -1.53. The van der Waals surface area contributed by atoms with Crippen LogP contribution < -0.4 is 5.32 Å². The molecule has 1 N–H and O–H groups in total. The van der Waals surface area contributed by atoms with Crippen LogP contribution in [0.25, 0.3) is 0 Å². The zero-order valence-corrected chi connectivity index (χ0v) is 17.8. The number of likely N-dealkylation sites (tertiary alicyclic amines) is 1. The molecular formula is C17H28ClN3O3S2. The van der Waals surface area contributed by atoms with Gasteiger partial charge in [0.05, 0.1) is 4.88 Å². The smallest absolute Gasteiger partial charge is 0.263 e. The largest absolute Gasteiger partial charge is 0.338 e. The predicted octanol–water partition coefficient (Wildman–Crippen LogP) is 2.41. The second-order valence-electron chi connectivity index (χ2n) is 7.06. The molecule has 0 spiro atoms. The molecule has 0 aromatic carbocycles. The van der Waals surface area contributed by atoms with Gasteiger partial charge in [-0.1, -0.05) is 6.92 Å². The summed E-state index contributed by atoms with van der Waals surface area (Å²) in [5, 5.41) is 3.25. The molecule has 3 heterocycles. The van der Waals surface area contributed by atoms with Crippen molar-refractivity contribution in [2.45, 2.75) is 42.9 Å². The molecular weight excluding hydrogens is 394 g/mol. The van der Waals surface area contributed by atoms with E-state index >= 15 is 0 Å². The van der Waals surface area contributed by atoms with Gasteiger partial charge in [0.2, 0.25) is 0 Å². The van der Waals surface area contributed by atoms with E-state index in [-0.39, 0.29) is 22.5 Å². The maximum Gasteiger partial charge on any atom is 0.263 e. The van der Waals surface area contributed by atoms with Crippen molar-refractivity contribution in [3.63, 3.8) is 0 Å². The highest BCUT2D eigenvalue weighted by atomic mass is 35.5. The van der Waals surface area contributed by atoms with Gasteiger partial charge in [-0.15, -0.1) is 23.7 Å². The van der Waals surface area contributed by atoms with Gasteiger partial charge in [-0.3, -0.25) is 4.79 Å². The number of carbonyl (C=O) groups is 1. The van der Waals surface area contributed by atoms with Crippen LogP contribution in [0.4, 0.5) is 0 Å². The third-order valence-corrected chi connectivity index (χ3v) is 8.76. The minimum Gasteiger partial charge on any atom is -0.338 e. The van der Waals surface area contributed by atoms with E-state index in [0.717, 1.165) is 37.0 Å². The number of hydrogen-bond acceptors (Lipinski definition) is 5. The molecule has 2 fully saturated rings. The normalized spacial score (nSPS) is 20.8. The molecule has 2 saturated heterocycles. The second kappa shape index (κ2) is 9.01. The summed E-state index contributed by atoms with van der Waals surface area (Å²) in [5.74, 6) is 0.528. The van der Waals surface area contributed by atoms with Gasteiger partial charge in [-0.2, -0.15) is 4.31 Å². The first-order valence-corrected chi connectivity index (χ1v) is 11.2. The lowest BCUT2D eigenvalue weighted by molar-refractivity contribution is 0.0712. The molecule has 148 valence electrons. The lowest BCUT2D eigenvalue weighted by atomic mass is 10.0. The quantitative estimate of drug-likeness (QED) is 0.810. The Morgan fingerprint density at radius 3 is 2.31 bits per heavy atom. The maximum atomic E-state index is 12.8. The van der Waals surface area contributed by atoms with Crippen molar-refractivity contribution in [2.24, 2.45) is 5.92 Å². The molecule has 2 aliphatic rings. The summed E-state index contributed by atoms with van der Waals surface area (Å²) in [6.45, 7) is 4.73. The average Bonchev–Trinajstić information content (AvgIpc) is 3.12. The SMILES string of the molecule is CNC1CCN(C(=O)c2ccc(S(=O)(=O)N3CCC(C)CC3)s2)CC1.Cl. The predicted molar refractivity (Wildman–Crippen MR) is 107 cm³/mol. The molecule has 1 amide bonds. The van der Waals surface area contributed by atoms with E-state index in [4.69, 9.17) is 0 Å². The third-order valence-electron chi connectivity index (χ3n) is 5.32. The first-order chi connectivity index (χ1) is 11.9. The Kier molecular flexibility index (Phi) is 7.50. The number of thiophene rings is 1. The Hall–Kier alpha value is -0.670. The van der Waals surface area contributed by atoms with Crippen molar-refractivity contribution in [3.8, 4) is 0 Å². The lowest BCUT2D eigenvalue weighted by Crippen LogP contribution is -2.43. The van der Waals surface area contributed by atoms with Crippen LogP contribution in [0, 0.1) is 5.92 Å². The van der Waals surface area contributed by atoms with Crippen LogP contribution in [0.1, 0.15) is 42.3 Å². The molecule has 1 aromatic heterocycles. The van der Waals surface area contributed by atoms with Crippen LogP contribution in [0.5, 0.6) is 0 Å². The summed E-state index contributed by atoms with van der Waals surface area (Å²) >= 11 is 1.11. The van der Waals surface area contributed by atoms with E-state index in [0.29, 0.717) is 43.0 Å². The number of sulfonamides is 1. The second-order valence-corrected chi connectivity index (χ2v) is 10.3. The van der Waals surface area contributed by atoms with Gasteiger partial charge in [-0.25, -0.2) is 8.42 Å². The number of halogens is 1. The molecule has 0 radical (unpaired) electrons. The Labute approximate surface area is 166 Å². The van der Waals surface area contributed by atoms with Crippen LogP contribution in [0.2, 0.25) is 0 Å². The highest BCUT2D eigenvalue weighted by Gasteiger charge is 2.31. The zero-order valence-electron chi connectivity index (χ0n) is 15.3. The molecule has 1 aromatic rings. The Balaban J connectivity index is 0.00000243. The first-order valence-electron chi connectivity index (χ1n) is 8.98. The van der Waals surface area contributed by atoms with Crippen LogP contribution in [-0.4, -0.2) is 62.8 Å². The van der Waals surface area contributed by atoms with E-state index in [1.165, 1.54) is 0 Å². The maximum absolute atomic E-state index is 12.8. The van der Waals surface area contributed by atoms with Gasteiger partial charge < -0.3 is 10.2 Å². The number of amides is 1. The number of nitrogens with zero attached hydrogens (tertiary/aromatic N) is 2. The number of nitrogens with one attached hydrogen (secondary N) is 1. The molecule has 26 heavy (non-hydrogen) atoms. The van der Waals surface area contributed by atoms with Gasteiger partial charge in [0.1, 0.15) is 4.21 Å². The number of hydrogen-bond donors (Lipinski definition) is 1. The summed E-state index contributed by atoms with van der Waals surface area (Å²) in [6.07, 6.45) is 3.67. The monoisotopic (exact) mass is 421 g/mol. The van der Waals surface area contributed by atoms with Gasteiger partial charge in [0.15, 0.2) is 0 Å². The Morgan fingerprint density at radius 1 is 1.12 bits per heavy atom. The van der Waals surface area contributed by atoms with Gasteiger partial charge >= 0.3 is 0 Å². The minimum atomic E-state index is -3.47. The van der Waals surface area contributed by atoms with E-state index < -0.39 is 10.0 Å². The molecule has 2 aliphatic heterocycles. The van der Waals surface area contributed by atoms with Crippen molar-refractivity contribution in [1.82, 2.24) is 14.5 Å². The highest BCUT2D eigenvalue weighted by molar-refractivity contribution is 7.91. The molecule has 0 aliphatic carbocycles. The minimum absolute atomic E-state index is 0. The van der Waals surface area contributed by atoms with Crippen LogP contribution in [0.3, 0.4) is 0 Å². The Bertz CT molecular complexity index is 707. The van der Waals surface area contributed by atoms with Crippen molar-refractivity contribution >= 4 is 39.7 Å². The molecule has 6 nitrogen and oxygen atoms in total. The fourth-order valence-corrected chi connectivity index (χ4v) is 6.35. The van der Waals surface area contributed by atoms with Crippen molar-refractivity contribution in [2.75, 3.05) is 33.2 Å². The van der Waals surface area contributed by atoms with Crippen molar-refractivity contribution in [3.05, 3.63) is 17.0 Å². The first kappa shape index (κ1) is 21.6. The summed E-state index contributed by atoms with van der Waals surface area (Å²) < 4.78 is 27.4. The van der Waals surface area contributed by atoms with Crippen LogP contribution in [0.15, 0.2) is 16.3 Å². The number of carbonyl (C=O) groups excluding carboxylic acids is 1.